The maximum Gasteiger partial charge on any atom is 0.303 e. The molecule has 21 heavy (non-hydrogen) atoms. The Morgan fingerprint density at radius 2 is 1.81 bits per heavy atom. The van der Waals surface area contributed by atoms with Crippen LogP contribution in [0.3, 0.4) is 0 Å². The summed E-state index contributed by atoms with van der Waals surface area (Å²) in [5, 5.41) is 8.90. The number of nitrogens with two attached hydrogens (primary N) is 1. The van der Waals surface area contributed by atoms with Crippen LogP contribution in [-0.4, -0.2) is 23.6 Å². The van der Waals surface area contributed by atoms with Crippen LogP contribution in [0, 0.1) is 5.92 Å². The molecule has 0 aromatic heterocycles. The SMILES string of the molecule is CC(C)CCOc1ccc(C(CC(N)=O)CC(=O)O)cc1. The number of ether oxygens (including phenoxy) is 1. The molecule has 0 bridgehead atoms. The van der Waals surface area contributed by atoms with Gasteiger partial charge in [0, 0.05) is 12.3 Å². The third-order valence-electron chi connectivity index (χ3n) is 3.18. The Bertz CT molecular complexity index is 452. The van der Waals surface area contributed by atoms with Crippen LogP contribution in [0.15, 0.2) is 24.3 Å². The van der Waals surface area contributed by atoms with Gasteiger partial charge in [-0.1, -0.05) is 26.0 Å². The monoisotopic (exact) mass is 293 g/mol. The van der Waals surface area contributed by atoms with Crippen molar-refractivity contribution in [3.63, 3.8) is 0 Å². The molecule has 0 spiro atoms. The molecule has 0 saturated heterocycles. The van der Waals surface area contributed by atoms with Crippen molar-refractivity contribution in [3.05, 3.63) is 29.8 Å². The molecule has 0 aliphatic rings. The Kier molecular flexibility index (Phi) is 6.72. The van der Waals surface area contributed by atoms with E-state index >= 15 is 0 Å². The highest BCUT2D eigenvalue weighted by Crippen LogP contribution is 2.25. The summed E-state index contributed by atoms with van der Waals surface area (Å²) in [6.07, 6.45) is 0.890. The first-order valence-electron chi connectivity index (χ1n) is 7.11. The summed E-state index contributed by atoms with van der Waals surface area (Å²) in [6, 6.07) is 7.18. The molecule has 1 atom stereocenters. The average molecular weight is 293 g/mol. The first kappa shape index (κ1) is 17.0. The number of carbonyl (C=O) groups is 2. The van der Waals surface area contributed by atoms with Crippen LogP contribution in [0.4, 0.5) is 0 Å². The fourth-order valence-corrected chi connectivity index (χ4v) is 2.01. The zero-order valence-corrected chi connectivity index (χ0v) is 12.5. The second kappa shape index (κ2) is 8.29. The topological polar surface area (TPSA) is 89.6 Å². The number of hydrogen-bond donors (Lipinski definition) is 2. The van der Waals surface area contributed by atoms with Gasteiger partial charge in [-0.05, 0) is 30.0 Å². The zero-order chi connectivity index (χ0) is 15.8. The predicted molar refractivity (Wildman–Crippen MR) is 80.2 cm³/mol. The summed E-state index contributed by atoms with van der Waals surface area (Å²) >= 11 is 0. The number of hydrogen-bond acceptors (Lipinski definition) is 3. The van der Waals surface area contributed by atoms with Crippen molar-refractivity contribution >= 4 is 11.9 Å². The number of aliphatic carboxylic acids is 1. The van der Waals surface area contributed by atoms with Crippen LogP contribution in [0.25, 0.3) is 0 Å². The van der Waals surface area contributed by atoms with Gasteiger partial charge in [0.1, 0.15) is 5.75 Å². The van der Waals surface area contributed by atoms with Crippen molar-refractivity contribution < 1.29 is 19.4 Å². The summed E-state index contributed by atoms with van der Waals surface area (Å²) in [5.41, 5.74) is 5.96. The molecule has 0 aliphatic heterocycles. The molecule has 0 aliphatic carbocycles. The van der Waals surface area contributed by atoms with E-state index in [1.54, 1.807) is 24.3 Å². The van der Waals surface area contributed by atoms with Crippen molar-refractivity contribution in [1.29, 1.82) is 0 Å². The number of primary amides is 1. The highest BCUT2D eigenvalue weighted by molar-refractivity contribution is 5.76. The predicted octanol–water partition coefficient (Wildman–Crippen LogP) is 2.55. The average Bonchev–Trinajstić information content (AvgIpc) is 2.37. The Labute approximate surface area is 125 Å². The molecule has 5 nitrogen and oxygen atoms in total. The van der Waals surface area contributed by atoms with Gasteiger partial charge in [-0.25, -0.2) is 0 Å². The molecule has 1 rings (SSSR count). The quantitative estimate of drug-likeness (QED) is 0.732. The maximum absolute atomic E-state index is 11.0. The third kappa shape index (κ3) is 6.79. The molecule has 5 heteroatoms. The largest absolute Gasteiger partial charge is 0.494 e. The van der Waals surface area contributed by atoms with Gasteiger partial charge >= 0.3 is 5.97 Å². The minimum atomic E-state index is -0.946. The van der Waals surface area contributed by atoms with E-state index in [9.17, 15) is 9.59 Å². The van der Waals surface area contributed by atoms with Crippen LogP contribution in [0.2, 0.25) is 0 Å². The fourth-order valence-electron chi connectivity index (χ4n) is 2.01. The Hall–Kier alpha value is -2.04. The normalized spacial score (nSPS) is 12.1. The lowest BCUT2D eigenvalue weighted by Gasteiger charge is -2.14. The zero-order valence-electron chi connectivity index (χ0n) is 12.5. The molecule has 1 aromatic rings. The van der Waals surface area contributed by atoms with Crippen molar-refractivity contribution in [3.8, 4) is 5.75 Å². The van der Waals surface area contributed by atoms with E-state index in [2.05, 4.69) is 13.8 Å². The Balaban J connectivity index is 2.68. The standard InChI is InChI=1S/C16H23NO4/c1-11(2)7-8-21-14-5-3-12(4-6-14)13(9-15(17)18)10-16(19)20/h3-6,11,13H,7-10H2,1-2H3,(H2,17,18)(H,19,20). The van der Waals surface area contributed by atoms with Gasteiger partial charge < -0.3 is 15.6 Å². The van der Waals surface area contributed by atoms with Crippen LogP contribution in [-0.2, 0) is 9.59 Å². The van der Waals surface area contributed by atoms with Crippen molar-refractivity contribution in [1.82, 2.24) is 0 Å². The lowest BCUT2D eigenvalue weighted by atomic mass is 9.92. The molecule has 0 fully saturated rings. The molecule has 116 valence electrons. The molecule has 1 amide bonds. The van der Waals surface area contributed by atoms with Crippen molar-refractivity contribution in [2.75, 3.05) is 6.61 Å². The molecule has 1 unspecified atom stereocenters. The number of carboxylic acids is 1. The van der Waals surface area contributed by atoms with E-state index in [1.165, 1.54) is 0 Å². The van der Waals surface area contributed by atoms with E-state index < -0.39 is 17.8 Å². The number of rotatable bonds is 9. The van der Waals surface area contributed by atoms with E-state index in [0.29, 0.717) is 12.5 Å². The lowest BCUT2D eigenvalue weighted by molar-refractivity contribution is -0.137. The smallest absolute Gasteiger partial charge is 0.303 e. The van der Waals surface area contributed by atoms with Crippen molar-refractivity contribution in [2.45, 2.75) is 39.0 Å². The van der Waals surface area contributed by atoms with Crippen LogP contribution in [0.1, 0.15) is 44.6 Å². The Morgan fingerprint density at radius 1 is 1.19 bits per heavy atom. The van der Waals surface area contributed by atoms with Gasteiger partial charge in [-0.2, -0.15) is 0 Å². The molecule has 0 heterocycles. The maximum atomic E-state index is 11.0. The van der Waals surface area contributed by atoms with E-state index in [4.69, 9.17) is 15.6 Å². The molecular formula is C16H23NO4. The number of benzene rings is 1. The van der Waals surface area contributed by atoms with Gasteiger partial charge in [0.25, 0.3) is 0 Å². The fraction of sp³-hybridized carbons (Fsp3) is 0.500. The summed E-state index contributed by atoms with van der Waals surface area (Å²) in [5.74, 6) is -0.519. The second-order valence-electron chi connectivity index (χ2n) is 5.57. The molecule has 0 radical (unpaired) electrons. The molecular weight excluding hydrogens is 270 g/mol. The van der Waals surface area contributed by atoms with Gasteiger partial charge in [-0.3, -0.25) is 9.59 Å². The van der Waals surface area contributed by atoms with Gasteiger partial charge in [0.05, 0.1) is 13.0 Å². The van der Waals surface area contributed by atoms with Crippen LogP contribution >= 0.6 is 0 Å². The first-order chi connectivity index (χ1) is 9.88. The minimum Gasteiger partial charge on any atom is -0.494 e. The van der Waals surface area contributed by atoms with Gasteiger partial charge in [0.2, 0.25) is 5.91 Å². The molecule has 3 N–H and O–H groups in total. The first-order valence-corrected chi connectivity index (χ1v) is 7.11. The van der Waals surface area contributed by atoms with Crippen LogP contribution < -0.4 is 10.5 Å². The number of carboxylic acid groups (broad SMARTS) is 1. The van der Waals surface area contributed by atoms with E-state index in [-0.39, 0.29) is 12.8 Å². The second-order valence-corrected chi connectivity index (χ2v) is 5.57. The highest BCUT2D eigenvalue weighted by Gasteiger charge is 2.18. The molecule has 0 saturated carbocycles. The van der Waals surface area contributed by atoms with E-state index in [1.807, 2.05) is 0 Å². The van der Waals surface area contributed by atoms with Crippen LogP contribution in [0.5, 0.6) is 5.75 Å². The van der Waals surface area contributed by atoms with Gasteiger partial charge in [0.15, 0.2) is 0 Å². The van der Waals surface area contributed by atoms with Crippen molar-refractivity contribution in [2.24, 2.45) is 11.7 Å². The van der Waals surface area contributed by atoms with Gasteiger partial charge in [-0.15, -0.1) is 0 Å². The number of amides is 1. The third-order valence-corrected chi connectivity index (χ3v) is 3.18. The highest BCUT2D eigenvalue weighted by atomic mass is 16.5. The lowest BCUT2D eigenvalue weighted by Crippen LogP contribution is -2.17. The minimum absolute atomic E-state index is 0.0276. The molecule has 1 aromatic carbocycles. The summed E-state index contributed by atoms with van der Waals surface area (Å²) in [7, 11) is 0. The summed E-state index contributed by atoms with van der Waals surface area (Å²) in [4.78, 5) is 21.9. The summed E-state index contributed by atoms with van der Waals surface area (Å²) in [6.45, 7) is 4.91. The number of carbonyl (C=O) groups excluding carboxylic acids is 1. The summed E-state index contributed by atoms with van der Waals surface area (Å²) < 4.78 is 5.61. The van der Waals surface area contributed by atoms with E-state index in [0.717, 1.165) is 17.7 Å². The Morgan fingerprint density at radius 3 is 2.29 bits per heavy atom.